The lowest BCUT2D eigenvalue weighted by molar-refractivity contribution is -0.138. The molecule has 0 radical (unpaired) electrons. The van der Waals surface area contributed by atoms with E-state index in [1.165, 1.54) is 24.3 Å². The Kier molecular flexibility index (Phi) is 3.63. The van der Waals surface area contributed by atoms with Crippen molar-refractivity contribution in [2.75, 3.05) is 11.1 Å². The molecule has 2 aromatic carbocycles. The molecule has 120 valence electrons. The SMILES string of the molecule is Nc1ccc2c(c1)NC(=O)C(Cc1ccccc1C(F)(F)F)O2. The van der Waals surface area contributed by atoms with Gasteiger partial charge in [0.05, 0.1) is 11.3 Å². The second-order valence-corrected chi connectivity index (χ2v) is 5.21. The number of hydrogen-bond donors (Lipinski definition) is 2. The van der Waals surface area contributed by atoms with Crippen molar-refractivity contribution in [3.63, 3.8) is 0 Å². The van der Waals surface area contributed by atoms with Gasteiger partial charge in [0.1, 0.15) is 5.75 Å². The van der Waals surface area contributed by atoms with Crippen molar-refractivity contribution in [1.29, 1.82) is 0 Å². The number of nitrogens with one attached hydrogen (secondary N) is 1. The van der Waals surface area contributed by atoms with Crippen LogP contribution in [0.1, 0.15) is 11.1 Å². The number of carbonyl (C=O) groups is 1. The summed E-state index contributed by atoms with van der Waals surface area (Å²) in [5, 5.41) is 2.60. The number of ether oxygens (including phenoxy) is 1. The molecule has 3 rings (SSSR count). The third kappa shape index (κ3) is 3.08. The van der Waals surface area contributed by atoms with Crippen LogP contribution in [-0.4, -0.2) is 12.0 Å². The van der Waals surface area contributed by atoms with Crippen LogP contribution in [0.3, 0.4) is 0 Å². The van der Waals surface area contributed by atoms with E-state index in [1.54, 1.807) is 12.1 Å². The first-order chi connectivity index (χ1) is 10.8. The van der Waals surface area contributed by atoms with Crippen LogP contribution < -0.4 is 15.8 Å². The lowest BCUT2D eigenvalue weighted by atomic mass is 10.00. The van der Waals surface area contributed by atoms with Gasteiger partial charge < -0.3 is 15.8 Å². The van der Waals surface area contributed by atoms with Gasteiger partial charge in [0.2, 0.25) is 0 Å². The van der Waals surface area contributed by atoms with Crippen molar-refractivity contribution >= 4 is 17.3 Å². The van der Waals surface area contributed by atoms with E-state index in [4.69, 9.17) is 10.5 Å². The lowest BCUT2D eigenvalue weighted by Crippen LogP contribution is -2.39. The van der Waals surface area contributed by atoms with Crippen molar-refractivity contribution in [2.45, 2.75) is 18.7 Å². The predicted octanol–water partition coefficient (Wildman–Crippen LogP) is 3.23. The van der Waals surface area contributed by atoms with E-state index in [0.29, 0.717) is 17.1 Å². The lowest BCUT2D eigenvalue weighted by Gasteiger charge is -2.26. The minimum absolute atomic E-state index is 0.0130. The fraction of sp³-hybridized carbons (Fsp3) is 0.188. The summed E-state index contributed by atoms with van der Waals surface area (Å²) < 4.78 is 44.6. The monoisotopic (exact) mass is 322 g/mol. The molecule has 0 saturated heterocycles. The number of benzene rings is 2. The van der Waals surface area contributed by atoms with E-state index < -0.39 is 23.8 Å². The molecule has 3 N–H and O–H groups in total. The minimum atomic E-state index is -4.48. The van der Waals surface area contributed by atoms with E-state index in [9.17, 15) is 18.0 Å². The Morgan fingerprint density at radius 2 is 1.91 bits per heavy atom. The molecule has 7 heteroatoms. The van der Waals surface area contributed by atoms with E-state index in [-0.39, 0.29) is 12.0 Å². The van der Waals surface area contributed by atoms with E-state index >= 15 is 0 Å². The third-order valence-electron chi connectivity index (χ3n) is 3.55. The highest BCUT2D eigenvalue weighted by molar-refractivity contribution is 5.98. The van der Waals surface area contributed by atoms with Crippen molar-refractivity contribution in [1.82, 2.24) is 0 Å². The Hall–Kier alpha value is -2.70. The number of nitrogen functional groups attached to an aromatic ring is 1. The zero-order chi connectivity index (χ0) is 16.6. The largest absolute Gasteiger partial charge is 0.478 e. The van der Waals surface area contributed by atoms with E-state index in [1.807, 2.05) is 0 Å². The van der Waals surface area contributed by atoms with Gasteiger partial charge in [-0.25, -0.2) is 0 Å². The van der Waals surface area contributed by atoms with Crippen molar-refractivity contribution < 1.29 is 22.7 Å². The molecule has 2 aromatic rings. The normalized spacial score (nSPS) is 17.2. The summed E-state index contributed by atoms with van der Waals surface area (Å²) in [6.45, 7) is 0. The number of nitrogens with two attached hydrogens (primary N) is 1. The highest BCUT2D eigenvalue weighted by Crippen LogP contribution is 2.35. The molecule has 0 aliphatic carbocycles. The van der Waals surface area contributed by atoms with Gasteiger partial charge >= 0.3 is 6.18 Å². The Labute approximate surface area is 130 Å². The third-order valence-corrected chi connectivity index (χ3v) is 3.55. The summed E-state index contributed by atoms with van der Waals surface area (Å²) in [7, 11) is 0. The molecule has 0 aromatic heterocycles. The summed E-state index contributed by atoms with van der Waals surface area (Å²) in [6.07, 6.45) is -5.69. The number of anilines is 2. The number of fused-ring (bicyclic) bond motifs is 1. The van der Waals surface area contributed by atoms with Crippen molar-refractivity contribution in [3.8, 4) is 5.75 Å². The maximum Gasteiger partial charge on any atom is 0.416 e. The van der Waals surface area contributed by atoms with E-state index in [0.717, 1.165) is 6.07 Å². The molecule has 4 nitrogen and oxygen atoms in total. The topological polar surface area (TPSA) is 64.3 Å². The number of rotatable bonds is 2. The van der Waals surface area contributed by atoms with Crippen LogP contribution in [0.2, 0.25) is 0 Å². The zero-order valence-electron chi connectivity index (χ0n) is 11.9. The van der Waals surface area contributed by atoms with Crippen LogP contribution in [0, 0.1) is 0 Å². The molecule has 1 atom stereocenters. The summed E-state index contributed by atoms with van der Waals surface area (Å²) >= 11 is 0. The number of halogens is 3. The van der Waals surface area contributed by atoms with Crippen LogP contribution in [0.4, 0.5) is 24.5 Å². The average Bonchev–Trinajstić information content (AvgIpc) is 2.48. The van der Waals surface area contributed by atoms with Gasteiger partial charge in [0.15, 0.2) is 6.10 Å². The molecule has 1 amide bonds. The Morgan fingerprint density at radius 3 is 2.65 bits per heavy atom. The fourth-order valence-electron chi connectivity index (χ4n) is 2.48. The molecule has 0 spiro atoms. The van der Waals surface area contributed by atoms with Gasteiger partial charge in [-0.1, -0.05) is 18.2 Å². The first kappa shape index (κ1) is 15.2. The Balaban J connectivity index is 1.87. The smallest absolute Gasteiger partial charge is 0.416 e. The van der Waals surface area contributed by atoms with Gasteiger partial charge in [0, 0.05) is 12.1 Å². The standard InChI is InChI=1S/C16H13F3N2O2/c17-16(18,19)11-4-2-1-3-9(11)7-14-15(22)21-12-8-10(20)5-6-13(12)23-14/h1-6,8,14H,7,20H2,(H,21,22). The average molecular weight is 322 g/mol. The highest BCUT2D eigenvalue weighted by Gasteiger charge is 2.35. The van der Waals surface area contributed by atoms with Crippen LogP contribution in [-0.2, 0) is 17.4 Å². The van der Waals surface area contributed by atoms with Crippen LogP contribution in [0.25, 0.3) is 0 Å². The van der Waals surface area contributed by atoms with Crippen LogP contribution in [0.15, 0.2) is 42.5 Å². The van der Waals surface area contributed by atoms with Gasteiger partial charge in [0.25, 0.3) is 5.91 Å². The molecule has 0 saturated carbocycles. The van der Waals surface area contributed by atoms with Crippen LogP contribution >= 0.6 is 0 Å². The highest BCUT2D eigenvalue weighted by atomic mass is 19.4. The zero-order valence-corrected chi connectivity index (χ0v) is 11.9. The first-order valence-electron chi connectivity index (χ1n) is 6.87. The molecule has 23 heavy (non-hydrogen) atoms. The minimum Gasteiger partial charge on any atom is -0.478 e. The number of hydrogen-bond acceptors (Lipinski definition) is 3. The molecule has 1 aliphatic heterocycles. The predicted molar refractivity (Wildman–Crippen MR) is 79.0 cm³/mol. The number of carbonyl (C=O) groups excluding carboxylic acids is 1. The molecular formula is C16H13F3N2O2. The molecule has 0 fully saturated rings. The van der Waals surface area contributed by atoms with Crippen LogP contribution in [0.5, 0.6) is 5.75 Å². The molecule has 0 bridgehead atoms. The Bertz CT molecular complexity index is 759. The summed E-state index contributed by atoms with van der Waals surface area (Å²) in [5.41, 5.74) is 5.73. The summed E-state index contributed by atoms with van der Waals surface area (Å²) in [6, 6.07) is 9.85. The maximum atomic E-state index is 13.0. The van der Waals surface area contributed by atoms with Crippen molar-refractivity contribution in [2.24, 2.45) is 0 Å². The first-order valence-corrected chi connectivity index (χ1v) is 6.87. The maximum absolute atomic E-state index is 13.0. The second kappa shape index (κ2) is 5.49. The molecule has 1 aliphatic rings. The van der Waals surface area contributed by atoms with Gasteiger partial charge in [-0.3, -0.25) is 4.79 Å². The molecule has 1 unspecified atom stereocenters. The second-order valence-electron chi connectivity index (χ2n) is 5.21. The Morgan fingerprint density at radius 1 is 1.17 bits per heavy atom. The van der Waals surface area contributed by atoms with Gasteiger partial charge in [-0.05, 0) is 29.8 Å². The molecule has 1 heterocycles. The van der Waals surface area contributed by atoms with Crippen molar-refractivity contribution in [3.05, 3.63) is 53.6 Å². The van der Waals surface area contributed by atoms with E-state index in [2.05, 4.69) is 5.32 Å². The number of amides is 1. The number of alkyl halides is 3. The van der Waals surface area contributed by atoms with Gasteiger partial charge in [-0.15, -0.1) is 0 Å². The quantitative estimate of drug-likeness (QED) is 0.834. The van der Waals surface area contributed by atoms with Gasteiger partial charge in [-0.2, -0.15) is 13.2 Å². The summed E-state index contributed by atoms with van der Waals surface area (Å²) in [5.74, 6) is -0.117. The molecular weight excluding hydrogens is 309 g/mol. The fourth-order valence-corrected chi connectivity index (χ4v) is 2.48. The summed E-state index contributed by atoms with van der Waals surface area (Å²) in [4.78, 5) is 12.1.